The molecule has 2 aromatic heterocycles. The Hall–Kier alpha value is -3.81. The van der Waals surface area contributed by atoms with E-state index in [0.29, 0.717) is 5.76 Å². The SMILES string of the molecule is O=C(OCc1cc(-c2ccc(F)cc2F)on1)c1cc(-c2ccccc2)on1. The van der Waals surface area contributed by atoms with Crippen LogP contribution in [0.2, 0.25) is 0 Å². The summed E-state index contributed by atoms with van der Waals surface area (Å²) in [6, 6.07) is 15.1. The van der Waals surface area contributed by atoms with Crippen LogP contribution in [0.25, 0.3) is 22.6 Å². The molecule has 0 unspecified atom stereocenters. The third kappa shape index (κ3) is 3.66. The van der Waals surface area contributed by atoms with E-state index in [-0.39, 0.29) is 29.3 Å². The van der Waals surface area contributed by atoms with E-state index < -0.39 is 17.6 Å². The topological polar surface area (TPSA) is 78.4 Å². The normalized spacial score (nSPS) is 10.8. The molecule has 8 heteroatoms. The van der Waals surface area contributed by atoms with Crippen LogP contribution in [0, 0.1) is 11.6 Å². The Morgan fingerprint density at radius 1 is 0.929 bits per heavy atom. The molecule has 0 N–H and O–H groups in total. The molecule has 2 heterocycles. The number of ether oxygens (including phenoxy) is 1. The first-order valence-electron chi connectivity index (χ1n) is 8.20. The fourth-order valence-corrected chi connectivity index (χ4v) is 2.52. The second kappa shape index (κ2) is 7.43. The van der Waals surface area contributed by atoms with E-state index in [1.807, 2.05) is 30.3 Å². The molecule has 0 saturated heterocycles. The molecule has 0 saturated carbocycles. The van der Waals surface area contributed by atoms with Crippen LogP contribution in [-0.4, -0.2) is 16.3 Å². The van der Waals surface area contributed by atoms with E-state index in [2.05, 4.69) is 10.3 Å². The van der Waals surface area contributed by atoms with Gasteiger partial charge in [0.25, 0.3) is 0 Å². The van der Waals surface area contributed by atoms with Gasteiger partial charge in [0, 0.05) is 23.8 Å². The average Bonchev–Trinajstić information content (AvgIpc) is 3.37. The van der Waals surface area contributed by atoms with E-state index >= 15 is 0 Å². The Balaban J connectivity index is 1.42. The number of nitrogens with zero attached hydrogens (tertiary/aromatic N) is 2. The lowest BCUT2D eigenvalue weighted by Crippen LogP contribution is -2.05. The van der Waals surface area contributed by atoms with Crippen molar-refractivity contribution in [1.29, 1.82) is 0 Å². The number of benzene rings is 2. The summed E-state index contributed by atoms with van der Waals surface area (Å²) in [5, 5.41) is 7.42. The number of hydrogen-bond acceptors (Lipinski definition) is 6. The molecular weight excluding hydrogens is 370 g/mol. The first-order chi connectivity index (χ1) is 13.6. The first kappa shape index (κ1) is 17.6. The molecule has 0 aliphatic heterocycles. The highest BCUT2D eigenvalue weighted by molar-refractivity contribution is 5.88. The molecule has 28 heavy (non-hydrogen) atoms. The van der Waals surface area contributed by atoms with Crippen LogP contribution in [-0.2, 0) is 11.3 Å². The van der Waals surface area contributed by atoms with E-state index in [0.717, 1.165) is 17.7 Å². The maximum Gasteiger partial charge on any atom is 0.360 e. The molecule has 2 aromatic carbocycles. The number of carbonyl (C=O) groups excluding carboxylic acids is 1. The Morgan fingerprint density at radius 2 is 1.71 bits per heavy atom. The minimum atomic E-state index is -0.782. The second-order valence-corrected chi connectivity index (χ2v) is 5.83. The van der Waals surface area contributed by atoms with Crippen molar-refractivity contribution in [3.8, 4) is 22.6 Å². The number of carbonyl (C=O) groups is 1. The average molecular weight is 382 g/mol. The van der Waals surface area contributed by atoms with E-state index in [1.165, 1.54) is 18.2 Å². The van der Waals surface area contributed by atoms with E-state index in [9.17, 15) is 13.6 Å². The van der Waals surface area contributed by atoms with Crippen molar-refractivity contribution >= 4 is 5.97 Å². The maximum atomic E-state index is 13.8. The molecule has 4 aromatic rings. The molecular formula is C20H12F2N2O4. The predicted octanol–water partition coefficient (Wildman–Crippen LogP) is 4.63. The van der Waals surface area contributed by atoms with Gasteiger partial charge in [-0.15, -0.1) is 0 Å². The minimum absolute atomic E-state index is 0.00662. The lowest BCUT2D eigenvalue weighted by atomic mass is 10.1. The van der Waals surface area contributed by atoms with Crippen molar-refractivity contribution in [1.82, 2.24) is 10.3 Å². The monoisotopic (exact) mass is 382 g/mol. The molecule has 0 radical (unpaired) electrons. The highest BCUT2D eigenvalue weighted by Gasteiger charge is 2.17. The van der Waals surface area contributed by atoms with Gasteiger partial charge in [0.05, 0.1) is 5.56 Å². The van der Waals surface area contributed by atoms with Crippen molar-refractivity contribution in [3.05, 3.63) is 83.7 Å². The Kier molecular flexibility index (Phi) is 4.67. The molecule has 0 spiro atoms. The van der Waals surface area contributed by atoms with Crippen LogP contribution >= 0.6 is 0 Å². The van der Waals surface area contributed by atoms with Crippen molar-refractivity contribution in [2.24, 2.45) is 0 Å². The van der Waals surface area contributed by atoms with Gasteiger partial charge in [-0.3, -0.25) is 0 Å². The van der Waals surface area contributed by atoms with Crippen molar-refractivity contribution < 1.29 is 27.4 Å². The number of hydrogen-bond donors (Lipinski definition) is 0. The zero-order chi connectivity index (χ0) is 19.5. The van der Waals surface area contributed by atoms with E-state index in [1.54, 1.807) is 0 Å². The number of aromatic nitrogens is 2. The van der Waals surface area contributed by atoms with Crippen LogP contribution < -0.4 is 0 Å². The van der Waals surface area contributed by atoms with Crippen LogP contribution in [0.4, 0.5) is 8.78 Å². The van der Waals surface area contributed by atoms with Crippen molar-refractivity contribution in [2.45, 2.75) is 6.61 Å². The van der Waals surface area contributed by atoms with Gasteiger partial charge in [-0.25, -0.2) is 13.6 Å². The lowest BCUT2D eigenvalue weighted by Gasteiger charge is -1.98. The number of rotatable bonds is 5. The number of halogens is 2. The standard InChI is InChI=1S/C20H12F2N2O4/c21-13-6-7-15(16(22)8-13)19-9-14(23-28-19)11-26-20(25)17-10-18(27-24-17)12-4-2-1-3-5-12/h1-10H,11H2. The predicted molar refractivity (Wildman–Crippen MR) is 92.9 cm³/mol. The van der Waals surface area contributed by atoms with Gasteiger partial charge in [0.2, 0.25) is 0 Å². The highest BCUT2D eigenvalue weighted by atomic mass is 19.1. The molecule has 0 aliphatic carbocycles. The fourth-order valence-electron chi connectivity index (χ4n) is 2.52. The van der Waals surface area contributed by atoms with Gasteiger partial charge >= 0.3 is 5.97 Å². The maximum absolute atomic E-state index is 13.8. The summed E-state index contributed by atoms with van der Waals surface area (Å²) in [5.41, 5.74) is 1.10. The van der Waals surface area contributed by atoms with Crippen molar-refractivity contribution in [3.63, 3.8) is 0 Å². The number of esters is 1. The largest absolute Gasteiger partial charge is 0.454 e. The summed E-state index contributed by atoms with van der Waals surface area (Å²) in [4.78, 5) is 12.1. The van der Waals surface area contributed by atoms with Gasteiger partial charge < -0.3 is 13.8 Å². The fraction of sp³-hybridized carbons (Fsp3) is 0.0500. The molecule has 0 fully saturated rings. The zero-order valence-electron chi connectivity index (χ0n) is 14.3. The Labute approximate surface area is 157 Å². The van der Waals surface area contributed by atoms with Crippen LogP contribution in [0.15, 0.2) is 69.7 Å². The Morgan fingerprint density at radius 3 is 2.50 bits per heavy atom. The molecule has 0 atom stereocenters. The van der Waals surface area contributed by atoms with E-state index in [4.69, 9.17) is 13.8 Å². The van der Waals surface area contributed by atoms with Crippen molar-refractivity contribution in [2.75, 3.05) is 0 Å². The second-order valence-electron chi connectivity index (χ2n) is 5.83. The molecule has 0 amide bonds. The summed E-state index contributed by atoms with van der Waals surface area (Å²) in [6.07, 6.45) is 0. The molecule has 4 rings (SSSR count). The van der Waals surface area contributed by atoms with Gasteiger partial charge in [-0.1, -0.05) is 40.6 Å². The summed E-state index contributed by atoms with van der Waals surface area (Å²) in [5.74, 6) is -1.66. The van der Waals surface area contributed by atoms with Gasteiger partial charge in [-0.05, 0) is 12.1 Å². The Bertz CT molecular complexity index is 1120. The summed E-state index contributed by atoms with van der Waals surface area (Å²) in [7, 11) is 0. The van der Waals surface area contributed by atoms with Crippen LogP contribution in [0.5, 0.6) is 0 Å². The van der Waals surface area contributed by atoms with Gasteiger partial charge in [0.15, 0.2) is 17.2 Å². The summed E-state index contributed by atoms with van der Waals surface area (Å²) < 4.78 is 42.1. The van der Waals surface area contributed by atoms with Gasteiger partial charge in [0.1, 0.15) is 23.9 Å². The third-order valence-corrected chi connectivity index (χ3v) is 3.88. The summed E-state index contributed by atoms with van der Waals surface area (Å²) in [6.45, 7) is -0.210. The molecule has 6 nitrogen and oxygen atoms in total. The van der Waals surface area contributed by atoms with Gasteiger partial charge in [-0.2, -0.15) is 0 Å². The molecule has 0 aliphatic rings. The summed E-state index contributed by atoms with van der Waals surface area (Å²) >= 11 is 0. The smallest absolute Gasteiger partial charge is 0.360 e. The lowest BCUT2D eigenvalue weighted by molar-refractivity contribution is 0.0452. The van der Waals surface area contributed by atoms with Crippen LogP contribution in [0.1, 0.15) is 16.2 Å². The first-order valence-corrected chi connectivity index (χ1v) is 8.20. The highest BCUT2D eigenvalue weighted by Crippen LogP contribution is 2.25. The third-order valence-electron chi connectivity index (χ3n) is 3.88. The molecule has 140 valence electrons. The zero-order valence-corrected chi connectivity index (χ0v) is 14.3. The van der Waals surface area contributed by atoms with Crippen LogP contribution in [0.3, 0.4) is 0 Å². The minimum Gasteiger partial charge on any atom is -0.454 e. The quantitative estimate of drug-likeness (QED) is 0.468. The molecule has 0 bridgehead atoms.